The summed E-state index contributed by atoms with van der Waals surface area (Å²) >= 11 is 0. The van der Waals surface area contributed by atoms with Crippen LogP contribution in [0.1, 0.15) is 46.6 Å². The number of hydroxylamine groups is 2. The van der Waals surface area contributed by atoms with E-state index < -0.39 is 18.0 Å². The maximum Gasteiger partial charge on any atom is 0.384 e. The number of rotatable bonds is 7. The number of ether oxygens (including phenoxy) is 2. The van der Waals surface area contributed by atoms with E-state index in [1.165, 1.54) is 19.4 Å². The smallest absolute Gasteiger partial charge is 0.384 e. The van der Waals surface area contributed by atoms with Crippen molar-refractivity contribution in [3.8, 4) is 5.75 Å². The summed E-state index contributed by atoms with van der Waals surface area (Å²) in [4.78, 5) is 32.3. The predicted molar refractivity (Wildman–Crippen MR) is 98.7 cm³/mol. The molecule has 150 valence electrons. The summed E-state index contributed by atoms with van der Waals surface area (Å²) in [6.45, 7) is 10.9. The molecule has 1 aliphatic heterocycles. The van der Waals surface area contributed by atoms with Crippen molar-refractivity contribution in [3.63, 3.8) is 0 Å². The number of hydrogen-bond acceptors (Lipinski definition) is 7. The van der Waals surface area contributed by atoms with E-state index >= 15 is 0 Å². The fourth-order valence-electron chi connectivity index (χ4n) is 2.87. The fourth-order valence-corrected chi connectivity index (χ4v) is 2.87. The van der Waals surface area contributed by atoms with Crippen LogP contribution in [0.15, 0.2) is 24.3 Å². The molecule has 1 saturated heterocycles. The van der Waals surface area contributed by atoms with Gasteiger partial charge in [-0.3, -0.25) is 9.68 Å². The van der Waals surface area contributed by atoms with Crippen molar-refractivity contribution in [2.24, 2.45) is 5.92 Å². The zero-order valence-corrected chi connectivity index (χ0v) is 16.7. The van der Waals surface area contributed by atoms with Gasteiger partial charge in [0.25, 0.3) is 0 Å². The Morgan fingerprint density at radius 3 is 2.63 bits per heavy atom. The van der Waals surface area contributed by atoms with Crippen molar-refractivity contribution < 1.29 is 28.9 Å². The Balaban J connectivity index is 1.77. The van der Waals surface area contributed by atoms with Crippen LogP contribution in [-0.4, -0.2) is 42.8 Å². The van der Waals surface area contributed by atoms with Crippen molar-refractivity contribution in [2.75, 3.05) is 19.7 Å². The second-order valence-electron chi connectivity index (χ2n) is 7.83. The van der Waals surface area contributed by atoms with Gasteiger partial charge in [0.2, 0.25) is 0 Å². The highest BCUT2D eigenvalue weighted by atomic mass is 17.3. The highest BCUT2D eigenvalue weighted by Gasteiger charge is 2.28. The van der Waals surface area contributed by atoms with E-state index in [1.54, 1.807) is 5.06 Å². The third-order valence-electron chi connectivity index (χ3n) is 4.32. The third kappa shape index (κ3) is 6.52. The molecule has 0 amide bonds. The summed E-state index contributed by atoms with van der Waals surface area (Å²) in [7, 11) is 0. The van der Waals surface area contributed by atoms with Crippen LogP contribution in [-0.2, 0) is 29.6 Å². The van der Waals surface area contributed by atoms with Gasteiger partial charge < -0.3 is 9.47 Å². The first-order valence-corrected chi connectivity index (χ1v) is 9.19. The molecule has 1 aliphatic rings. The normalized spacial score (nSPS) is 18.8. The van der Waals surface area contributed by atoms with Gasteiger partial charge in [-0.2, -0.15) is 0 Å². The van der Waals surface area contributed by atoms with Crippen molar-refractivity contribution >= 4 is 11.9 Å². The molecule has 0 spiro atoms. The third-order valence-corrected chi connectivity index (χ3v) is 4.32. The fraction of sp³-hybridized carbons (Fsp3) is 0.600. The van der Waals surface area contributed by atoms with E-state index in [-0.39, 0.29) is 11.3 Å². The molecule has 0 N–H and O–H groups in total. The highest BCUT2D eigenvalue weighted by Crippen LogP contribution is 2.31. The van der Waals surface area contributed by atoms with E-state index in [1.807, 2.05) is 18.2 Å². The predicted octanol–water partition coefficient (Wildman–Crippen LogP) is 3.03. The average molecular weight is 379 g/mol. The molecule has 2 rings (SSSR count). The van der Waals surface area contributed by atoms with Crippen molar-refractivity contribution in [1.29, 1.82) is 0 Å². The molecule has 0 bridgehead atoms. The summed E-state index contributed by atoms with van der Waals surface area (Å²) in [6, 6.07) is 8.06. The maximum atomic E-state index is 11.7. The van der Waals surface area contributed by atoms with E-state index in [0.717, 1.165) is 12.2 Å². The molecule has 2 unspecified atom stereocenters. The summed E-state index contributed by atoms with van der Waals surface area (Å²) < 4.78 is 10.8. The molecule has 27 heavy (non-hydrogen) atoms. The average Bonchev–Trinajstić information content (AvgIpc) is 3.04. The maximum absolute atomic E-state index is 11.7. The Morgan fingerprint density at radius 1 is 1.26 bits per heavy atom. The molecule has 1 fully saturated rings. The van der Waals surface area contributed by atoms with Crippen LogP contribution in [0.4, 0.5) is 0 Å². The molecule has 0 aliphatic carbocycles. The lowest BCUT2D eigenvalue weighted by Crippen LogP contribution is -2.30. The Hall–Kier alpha value is -2.12. The zero-order chi connectivity index (χ0) is 20.0. The van der Waals surface area contributed by atoms with E-state index in [2.05, 4.69) is 26.8 Å². The van der Waals surface area contributed by atoms with Crippen LogP contribution in [0.25, 0.3) is 0 Å². The van der Waals surface area contributed by atoms with Crippen molar-refractivity contribution in [1.82, 2.24) is 5.06 Å². The van der Waals surface area contributed by atoms with Gasteiger partial charge in [0.1, 0.15) is 5.75 Å². The minimum absolute atomic E-state index is 0.00819. The molecular formula is C20H29NO6. The van der Waals surface area contributed by atoms with E-state index in [9.17, 15) is 9.59 Å². The molecular weight excluding hydrogens is 350 g/mol. The molecule has 7 nitrogen and oxygen atoms in total. The lowest BCUT2D eigenvalue weighted by atomic mass is 9.86. The van der Waals surface area contributed by atoms with E-state index in [4.69, 9.17) is 19.3 Å². The monoisotopic (exact) mass is 379 g/mol. The van der Waals surface area contributed by atoms with Gasteiger partial charge in [-0.25, -0.2) is 4.79 Å². The lowest BCUT2D eigenvalue weighted by molar-refractivity contribution is -0.395. The van der Waals surface area contributed by atoms with Crippen molar-refractivity contribution in [2.45, 2.75) is 52.6 Å². The molecule has 0 aromatic heterocycles. The van der Waals surface area contributed by atoms with Crippen LogP contribution in [0.3, 0.4) is 0 Å². The molecule has 0 saturated carbocycles. The first-order valence-electron chi connectivity index (χ1n) is 9.19. The summed E-state index contributed by atoms with van der Waals surface area (Å²) in [6.07, 6.45) is -0.132. The molecule has 1 heterocycles. The molecule has 7 heteroatoms. The Labute approximate surface area is 160 Å². The Kier molecular flexibility index (Phi) is 7.21. The Bertz CT molecular complexity index is 654. The van der Waals surface area contributed by atoms with Gasteiger partial charge in [-0.15, -0.1) is 5.06 Å². The first-order chi connectivity index (χ1) is 12.7. The van der Waals surface area contributed by atoms with Gasteiger partial charge >= 0.3 is 11.9 Å². The lowest BCUT2D eigenvalue weighted by Gasteiger charge is -2.23. The molecule has 0 radical (unpaired) electrons. The molecule has 2 atom stereocenters. The first kappa shape index (κ1) is 21.2. The quantitative estimate of drug-likeness (QED) is 0.409. The minimum atomic E-state index is -1.00. The van der Waals surface area contributed by atoms with Gasteiger partial charge in [0.05, 0.1) is 6.61 Å². The van der Waals surface area contributed by atoms with Crippen LogP contribution < -0.4 is 4.74 Å². The standard InChI is InChI=1S/C20H29NO6/c1-14(25-15(2)22)19(23)26-27-21-11-10-16(12-21)13-24-18-9-7-6-8-17(18)20(3,4)5/h6-9,14,16H,10-13H2,1-5H3. The summed E-state index contributed by atoms with van der Waals surface area (Å²) in [5.41, 5.74) is 1.18. The topological polar surface area (TPSA) is 74.3 Å². The summed E-state index contributed by atoms with van der Waals surface area (Å²) in [5.74, 6) is -0.133. The SMILES string of the molecule is CC(=O)OC(C)C(=O)OON1CCC(COc2ccccc2C(C)(C)C)C1. The van der Waals surface area contributed by atoms with Crippen molar-refractivity contribution in [3.05, 3.63) is 29.8 Å². The zero-order valence-electron chi connectivity index (χ0n) is 16.7. The Morgan fingerprint density at radius 2 is 1.96 bits per heavy atom. The number of para-hydroxylation sites is 1. The van der Waals surface area contributed by atoms with Crippen LogP contribution in [0.2, 0.25) is 0 Å². The molecule has 1 aromatic rings. The van der Waals surface area contributed by atoms with Gasteiger partial charge in [0.15, 0.2) is 6.10 Å². The van der Waals surface area contributed by atoms with Crippen LogP contribution in [0, 0.1) is 5.92 Å². The number of esters is 1. The molecule has 1 aromatic carbocycles. The highest BCUT2D eigenvalue weighted by molar-refractivity contribution is 5.77. The number of hydrogen-bond donors (Lipinski definition) is 0. The van der Waals surface area contributed by atoms with Gasteiger partial charge in [0, 0.05) is 25.9 Å². The second kappa shape index (κ2) is 9.19. The van der Waals surface area contributed by atoms with Crippen LogP contribution in [0.5, 0.6) is 5.75 Å². The van der Waals surface area contributed by atoms with E-state index in [0.29, 0.717) is 19.7 Å². The summed E-state index contributed by atoms with van der Waals surface area (Å²) in [5, 5.41) is 1.57. The van der Waals surface area contributed by atoms with Gasteiger partial charge in [-0.05, 0) is 30.4 Å². The van der Waals surface area contributed by atoms with Gasteiger partial charge in [-0.1, -0.05) is 44.0 Å². The number of carbonyl (C=O) groups excluding carboxylic acids is 2. The number of nitrogens with zero attached hydrogens (tertiary/aromatic N) is 1. The second-order valence-corrected chi connectivity index (χ2v) is 7.83. The van der Waals surface area contributed by atoms with Crippen LogP contribution >= 0.6 is 0 Å². The number of benzene rings is 1. The largest absolute Gasteiger partial charge is 0.493 e. The minimum Gasteiger partial charge on any atom is -0.493 e. The number of carbonyl (C=O) groups is 2.